The second kappa shape index (κ2) is 9.20. The molecule has 1 aromatic carbocycles. The summed E-state index contributed by atoms with van der Waals surface area (Å²) in [7, 11) is 0. The first kappa shape index (κ1) is 19.6. The summed E-state index contributed by atoms with van der Waals surface area (Å²) < 4.78 is 6.11. The predicted molar refractivity (Wildman–Crippen MR) is 107 cm³/mol. The molecule has 0 radical (unpaired) electrons. The van der Waals surface area contributed by atoms with Gasteiger partial charge in [0.2, 0.25) is 5.91 Å². The molecule has 0 saturated carbocycles. The molecule has 1 aromatic heterocycles. The van der Waals surface area contributed by atoms with Crippen LogP contribution in [-0.4, -0.2) is 35.0 Å². The van der Waals surface area contributed by atoms with Gasteiger partial charge in [0.1, 0.15) is 11.9 Å². The Morgan fingerprint density at radius 2 is 2.26 bits per heavy atom. The van der Waals surface area contributed by atoms with Crippen LogP contribution in [0.5, 0.6) is 5.75 Å². The maximum Gasteiger partial charge on any atom is 0.221 e. The number of benzene rings is 1. The van der Waals surface area contributed by atoms with E-state index in [4.69, 9.17) is 16.3 Å². The molecular formula is C21H26ClN3O2. The summed E-state index contributed by atoms with van der Waals surface area (Å²) in [6.07, 6.45) is 3.21. The van der Waals surface area contributed by atoms with E-state index in [0.29, 0.717) is 24.5 Å². The number of carbonyl (C=O) groups excluding carboxylic acids is 1. The minimum Gasteiger partial charge on any atom is -0.489 e. The average Bonchev–Trinajstić information content (AvgIpc) is 2.84. The number of hydrogen-bond acceptors (Lipinski definition) is 4. The molecule has 1 atom stereocenters. The molecule has 1 aliphatic rings. The van der Waals surface area contributed by atoms with Crippen molar-refractivity contribution in [3.05, 3.63) is 58.4 Å². The zero-order chi connectivity index (χ0) is 19.2. The number of hydrogen-bond donors (Lipinski definition) is 1. The highest BCUT2D eigenvalue weighted by Gasteiger charge is 2.22. The topological polar surface area (TPSA) is 54.5 Å². The Morgan fingerprint density at radius 3 is 3.04 bits per heavy atom. The molecule has 2 aromatic rings. The summed E-state index contributed by atoms with van der Waals surface area (Å²) in [5, 5.41) is 3.65. The van der Waals surface area contributed by atoms with Gasteiger partial charge < -0.3 is 10.1 Å². The van der Waals surface area contributed by atoms with E-state index in [1.54, 1.807) is 6.20 Å². The number of nitrogens with one attached hydrogen (secondary N) is 1. The fourth-order valence-corrected chi connectivity index (χ4v) is 3.36. The molecule has 1 amide bonds. The van der Waals surface area contributed by atoms with Crippen molar-refractivity contribution in [2.24, 2.45) is 0 Å². The van der Waals surface area contributed by atoms with Crippen LogP contribution >= 0.6 is 11.6 Å². The molecule has 27 heavy (non-hydrogen) atoms. The van der Waals surface area contributed by atoms with Crippen molar-refractivity contribution in [1.82, 2.24) is 15.2 Å². The smallest absolute Gasteiger partial charge is 0.221 e. The fraction of sp³-hybridized carbons (Fsp3) is 0.429. The van der Waals surface area contributed by atoms with Crippen molar-refractivity contribution in [2.45, 2.75) is 45.9 Å². The maximum absolute atomic E-state index is 12.3. The molecule has 0 fully saturated rings. The highest BCUT2D eigenvalue weighted by atomic mass is 35.5. The van der Waals surface area contributed by atoms with Crippen LogP contribution in [0.2, 0.25) is 5.02 Å². The number of nitrogens with zero attached hydrogens (tertiary/aromatic N) is 2. The number of pyridine rings is 1. The first-order chi connectivity index (χ1) is 13.0. The second-order valence-corrected chi connectivity index (χ2v) is 7.37. The molecule has 0 bridgehead atoms. The molecule has 0 aliphatic carbocycles. The van der Waals surface area contributed by atoms with E-state index in [-0.39, 0.29) is 12.0 Å². The van der Waals surface area contributed by atoms with E-state index >= 15 is 0 Å². The third kappa shape index (κ3) is 5.44. The van der Waals surface area contributed by atoms with Crippen molar-refractivity contribution in [1.29, 1.82) is 0 Å². The van der Waals surface area contributed by atoms with Crippen LogP contribution in [0.4, 0.5) is 0 Å². The van der Waals surface area contributed by atoms with Crippen LogP contribution in [0, 0.1) is 6.92 Å². The third-order valence-electron chi connectivity index (χ3n) is 4.86. The van der Waals surface area contributed by atoms with Crippen molar-refractivity contribution in [3.63, 3.8) is 0 Å². The van der Waals surface area contributed by atoms with Crippen molar-refractivity contribution in [2.75, 3.05) is 13.1 Å². The van der Waals surface area contributed by atoms with E-state index in [2.05, 4.69) is 22.1 Å². The van der Waals surface area contributed by atoms with Gasteiger partial charge in [-0.05, 0) is 37.1 Å². The van der Waals surface area contributed by atoms with E-state index < -0.39 is 0 Å². The Kier molecular flexibility index (Phi) is 6.69. The van der Waals surface area contributed by atoms with Gasteiger partial charge in [0.05, 0.1) is 12.2 Å². The molecule has 1 unspecified atom stereocenters. The second-order valence-electron chi connectivity index (χ2n) is 6.93. The monoisotopic (exact) mass is 387 g/mol. The van der Waals surface area contributed by atoms with Crippen molar-refractivity contribution < 1.29 is 9.53 Å². The Balaban J connectivity index is 1.55. The van der Waals surface area contributed by atoms with E-state index in [1.165, 1.54) is 0 Å². The maximum atomic E-state index is 12.3. The SMILES string of the molecule is CCC1CN(CCC(=O)NCc2ncccc2C)Cc2ccc(Cl)cc2O1. The fourth-order valence-electron chi connectivity index (χ4n) is 3.20. The lowest BCUT2D eigenvalue weighted by atomic mass is 10.2. The number of amides is 1. The number of halogens is 1. The number of ether oxygens (including phenoxy) is 1. The summed E-state index contributed by atoms with van der Waals surface area (Å²) in [5.74, 6) is 0.890. The lowest BCUT2D eigenvalue weighted by Crippen LogP contribution is -2.35. The largest absolute Gasteiger partial charge is 0.489 e. The molecule has 3 rings (SSSR count). The summed E-state index contributed by atoms with van der Waals surface area (Å²) in [4.78, 5) is 18.9. The van der Waals surface area contributed by atoms with Crippen LogP contribution in [-0.2, 0) is 17.9 Å². The molecule has 0 saturated heterocycles. The average molecular weight is 388 g/mol. The Morgan fingerprint density at radius 1 is 1.41 bits per heavy atom. The number of rotatable bonds is 6. The molecule has 5 nitrogen and oxygen atoms in total. The van der Waals surface area contributed by atoms with Gasteiger partial charge in [-0.15, -0.1) is 0 Å². The minimum absolute atomic E-state index is 0.0367. The van der Waals surface area contributed by atoms with Crippen LogP contribution in [0.15, 0.2) is 36.5 Å². The normalized spacial score (nSPS) is 16.9. The summed E-state index contributed by atoms with van der Waals surface area (Å²) >= 11 is 6.10. The molecule has 0 spiro atoms. The molecule has 1 aliphatic heterocycles. The van der Waals surface area contributed by atoms with Crippen LogP contribution in [0.3, 0.4) is 0 Å². The summed E-state index contributed by atoms with van der Waals surface area (Å²) in [6, 6.07) is 9.67. The number of aromatic nitrogens is 1. The number of aryl methyl sites for hydroxylation is 1. The van der Waals surface area contributed by atoms with E-state index in [1.807, 2.05) is 37.3 Å². The van der Waals surface area contributed by atoms with Crippen LogP contribution < -0.4 is 10.1 Å². The zero-order valence-electron chi connectivity index (χ0n) is 15.9. The molecule has 6 heteroatoms. The molecule has 1 N–H and O–H groups in total. The predicted octanol–water partition coefficient (Wildman–Crippen LogP) is 3.72. The van der Waals surface area contributed by atoms with Gasteiger partial charge in [0, 0.05) is 42.8 Å². The van der Waals surface area contributed by atoms with Gasteiger partial charge in [-0.2, -0.15) is 0 Å². The van der Waals surface area contributed by atoms with Gasteiger partial charge in [0.25, 0.3) is 0 Å². The van der Waals surface area contributed by atoms with Gasteiger partial charge in [-0.1, -0.05) is 30.7 Å². The van der Waals surface area contributed by atoms with Crippen LogP contribution in [0.25, 0.3) is 0 Å². The van der Waals surface area contributed by atoms with Crippen molar-refractivity contribution >= 4 is 17.5 Å². The van der Waals surface area contributed by atoms with Gasteiger partial charge in [0.15, 0.2) is 0 Å². The first-order valence-corrected chi connectivity index (χ1v) is 9.77. The quantitative estimate of drug-likeness (QED) is 0.820. The molecular weight excluding hydrogens is 362 g/mol. The third-order valence-corrected chi connectivity index (χ3v) is 5.10. The minimum atomic E-state index is 0.0367. The van der Waals surface area contributed by atoms with Gasteiger partial charge in [-0.25, -0.2) is 0 Å². The van der Waals surface area contributed by atoms with E-state index in [0.717, 1.165) is 42.1 Å². The van der Waals surface area contributed by atoms with Crippen LogP contribution in [0.1, 0.15) is 36.6 Å². The number of carbonyl (C=O) groups is 1. The van der Waals surface area contributed by atoms with Gasteiger partial charge >= 0.3 is 0 Å². The Labute approximate surface area is 165 Å². The lowest BCUT2D eigenvalue weighted by molar-refractivity contribution is -0.121. The summed E-state index contributed by atoms with van der Waals surface area (Å²) in [6.45, 7) is 6.83. The van der Waals surface area contributed by atoms with Gasteiger partial charge in [-0.3, -0.25) is 14.7 Å². The Bertz CT molecular complexity index is 797. The standard InChI is InChI=1S/C21H26ClN3O2/c1-3-18-14-25(13-16-6-7-17(22)11-20(16)27-18)10-8-21(26)24-12-19-15(2)5-4-9-23-19/h4-7,9,11,18H,3,8,10,12-14H2,1-2H3,(H,24,26). The highest BCUT2D eigenvalue weighted by molar-refractivity contribution is 6.30. The molecule has 144 valence electrons. The lowest BCUT2D eigenvalue weighted by Gasteiger charge is -2.22. The zero-order valence-corrected chi connectivity index (χ0v) is 16.6. The van der Waals surface area contributed by atoms with E-state index in [9.17, 15) is 4.79 Å². The Hall–Kier alpha value is -2.11. The highest BCUT2D eigenvalue weighted by Crippen LogP contribution is 2.29. The molecule has 2 heterocycles. The van der Waals surface area contributed by atoms with Crippen molar-refractivity contribution in [3.8, 4) is 5.75 Å². The number of fused-ring (bicyclic) bond motifs is 1. The first-order valence-electron chi connectivity index (χ1n) is 9.39. The summed E-state index contributed by atoms with van der Waals surface area (Å²) in [5.41, 5.74) is 3.11.